The zero-order chi connectivity index (χ0) is 22.6. The number of carbonyl (C=O) groups is 2. The van der Waals surface area contributed by atoms with Crippen LogP contribution in [0.15, 0.2) is 48.5 Å². The van der Waals surface area contributed by atoms with Crippen molar-refractivity contribution in [3.63, 3.8) is 0 Å². The highest BCUT2D eigenvalue weighted by Crippen LogP contribution is 2.44. The lowest BCUT2D eigenvalue weighted by Gasteiger charge is -2.44. The van der Waals surface area contributed by atoms with E-state index in [2.05, 4.69) is 5.32 Å². The van der Waals surface area contributed by atoms with Gasteiger partial charge in [0.2, 0.25) is 0 Å². The summed E-state index contributed by atoms with van der Waals surface area (Å²) in [5.41, 5.74) is 1.34. The minimum absolute atomic E-state index is 0.0428. The number of benzene rings is 2. The van der Waals surface area contributed by atoms with Crippen LogP contribution in [0.1, 0.15) is 30.1 Å². The summed E-state index contributed by atoms with van der Waals surface area (Å²) in [5.74, 6) is 2.36. The van der Waals surface area contributed by atoms with Crippen LogP contribution < -0.4 is 14.8 Å². The highest BCUT2D eigenvalue weighted by atomic mass is 32.2. The molecule has 0 bridgehead atoms. The van der Waals surface area contributed by atoms with E-state index in [1.54, 1.807) is 7.11 Å². The summed E-state index contributed by atoms with van der Waals surface area (Å²) in [5, 5.41) is 2.98. The van der Waals surface area contributed by atoms with E-state index in [-0.39, 0.29) is 16.8 Å². The molecule has 1 spiro atoms. The Morgan fingerprint density at radius 3 is 2.47 bits per heavy atom. The normalized spacial score (nSPS) is 17.3. The number of piperidine rings is 1. The van der Waals surface area contributed by atoms with Crippen LogP contribution >= 0.6 is 11.8 Å². The Kier molecular flexibility index (Phi) is 6.79. The molecule has 1 N–H and O–H groups in total. The summed E-state index contributed by atoms with van der Waals surface area (Å²) in [6, 6.07) is 14.6. The standard InChI is InChI=1S/C24H29N3O4S/c1-3-31-21-7-5-4-6-20(21)25-23(29)26-14-12-24(13-15-26)27(16-17-32-24)22(28)18-8-10-19(30-2)11-9-18/h4-11H,3,12-17H2,1-2H3,(H,25,29). The van der Waals surface area contributed by atoms with Crippen molar-refractivity contribution < 1.29 is 19.1 Å². The van der Waals surface area contributed by atoms with Crippen LogP contribution in [-0.2, 0) is 0 Å². The number of hydrogen-bond donors (Lipinski definition) is 1. The van der Waals surface area contributed by atoms with E-state index < -0.39 is 0 Å². The van der Waals surface area contributed by atoms with Crippen LogP contribution in [0.5, 0.6) is 11.5 Å². The van der Waals surface area contributed by atoms with E-state index in [9.17, 15) is 9.59 Å². The van der Waals surface area contributed by atoms with Crippen molar-refractivity contribution in [2.24, 2.45) is 0 Å². The second-order valence-corrected chi connectivity index (χ2v) is 9.28. The molecule has 2 aromatic carbocycles. The zero-order valence-corrected chi connectivity index (χ0v) is 19.3. The van der Waals surface area contributed by atoms with E-state index in [0.29, 0.717) is 36.7 Å². The predicted molar refractivity (Wildman–Crippen MR) is 127 cm³/mol. The van der Waals surface area contributed by atoms with Gasteiger partial charge in [-0.3, -0.25) is 4.79 Å². The summed E-state index contributed by atoms with van der Waals surface area (Å²) in [6.45, 7) is 4.38. The van der Waals surface area contributed by atoms with Crippen molar-refractivity contribution in [1.29, 1.82) is 0 Å². The summed E-state index contributed by atoms with van der Waals surface area (Å²) in [6.07, 6.45) is 1.50. The van der Waals surface area contributed by atoms with Gasteiger partial charge in [-0.2, -0.15) is 0 Å². The average molecular weight is 456 g/mol. The first-order chi connectivity index (χ1) is 15.6. The Balaban J connectivity index is 1.40. The first-order valence-corrected chi connectivity index (χ1v) is 11.9. The lowest BCUT2D eigenvalue weighted by molar-refractivity contribution is 0.0585. The lowest BCUT2D eigenvalue weighted by atomic mass is 10.0. The van der Waals surface area contributed by atoms with Gasteiger partial charge in [0.25, 0.3) is 5.91 Å². The van der Waals surface area contributed by atoms with Crippen molar-refractivity contribution in [1.82, 2.24) is 9.80 Å². The number of para-hydroxylation sites is 2. The smallest absolute Gasteiger partial charge is 0.321 e. The van der Waals surface area contributed by atoms with Gasteiger partial charge >= 0.3 is 6.03 Å². The first-order valence-electron chi connectivity index (χ1n) is 10.9. The van der Waals surface area contributed by atoms with Crippen molar-refractivity contribution in [2.75, 3.05) is 44.4 Å². The maximum Gasteiger partial charge on any atom is 0.321 e. The monoisotopic (exact) mass is 455 g/mol. The number of amides is 3. The molecule has 2 aromatic rings. The van der Waals surface area contributed by atoms with Gasteiger partial charge in [-0.15, -0.1) is 11.8 Å². The number of nitrogens with zero attached hydrogens (tertiary/aromatic N) is 2. The van der Waals surface area contributed by atoms with Gasteiger partial charge in [-0.1, -0.05) is 12.1 Å². The molecule has 0 aliphatic carbocycles. The van der Waals surface area contributed by atoms with Gasteiger partial charge in [-0.05, 0) is 56.2 Å². The Bertz CT molecular complexity index is 958. The van der Waals surface area contributed by atoms with Crippen LogP contribution in [0.4, 0.5) is 10.5 Å². The van der Waals surface area contributed by atoms with Gasteiger partial charge in [-0.25, -0.2) is 4.79 Å². The molecule has 0 unspecified atom stereocenters. The molecule has 0 saturated carbocycles. The number of thioether (sulfide) groups is 1. The molecule has 4 rings (SSSR count). The number of rotatable bonds is 5. The fraction of sp³-hybridized carbons (Fsp3) is 0.417. The van der Waals surface area contributed by atoms with Gasteiger partial charge in [0.1, 0.15) is 11.5 Å². The van der Waals surface area contributed by atoms with E-state index in [1.165, 1.54) is 0 Å². The first kappa shape index (κ1) is 22.3. The maximum absolute atomic E-state index is 13.2. The molecule has 2 heterocycles. The van der Waals surface area contributed by atoms with Gasteiger partial charge in [0.05, 0.1) is 24.3 Å². The van der Waals surface area contributed by atoms with Crippen molar-refractivity contribution in [3.05, 3.63) is 54.1 Å². The largest absolute Gasteiger partial charge is 0.497 e. The van der Waals surface area contributed by atoms with Gasteiger partial charge in [0, 0.05) is 31.0 Å². The quantitative estimate of drug-likeness (QED) is 0.728. The second kappa shape index (κ2) is 9.73. The van der Waals surface area contributed by atoms with Crippen molar-refractivity contribution >= 4 is 29.4 Å². The Morgan fingerprint density at radius 2 is 1.78 bits per heavy atom. The van der Waals surface area contributed by atoms with E-state index in [1.807, 2.05) is 77.0 Å². The maximum atomic E-state index is 13.2. The molecule has 170 valence electrons. The number of ether oxygens (including phenoxy) is 2. The van der Waals surface area contributed by atoms with Crippen LogP contribution in [0.25, 0.3) is 0 Å². The number of hydrogen-bond acceptors (Lipinski definition) is 5. The SMILES string of the molecule is CCOc1ccccc1NC(=O)N1CCC2(CC1)SCCN2C(=O)c1ccc(OC)cc1. The molecule has 0 radical (unpaired) electrons. The third-order valence-corrected chi connectivity index (χ3v) is 7.57. The van der Waals surface area contributed by atoms with Gasteiger partial charge in [0.15, 0.2) is 0 Å². The number of likely N-dealkylation sites (tertiary alicyclic amines) is 1. The fourth-order valence-electron chi connectivity index (χ4n) is 4.30. The zero-order valence-electron chi connectivity index (χ0n) is 18.5. The number of anilines is 1. The molecule has 0 atom stereocenters. The molecule has 2 saturated heterocycles. The van der Waals surface area contributed by atoms with E-state index in [0.717, 1.165) is 30.9 Å². The minimum atomic E-state index is -0.253. The van der Waals surface area contributed by atoms with Crippen LogP contribution in [0.2, 0.25) is 0 Å². The number of nitrogens with one attached hydrogen (secondary N) is 1. The van der Waals surface area contributed by atoms with Crippen molar-refractivity contribution in [2.45, 2.75) is 24.6 Å². The third kappa shape index (κ3) is 4.50. The predicted octanol–water partition coefficient (Wildman–Crippen LogP) is 4.31. The molecular formula is C24H29N3O4S. The molecule has 7 nitrogen and oxygen atoms in total. The molecule has 2 aliphatic rings. The third-order valence-electron chi connectivity index (χ3n) is 6.02. The second-order valence-electron chi connectivity index (χ2n) is 7.83. The molecule has 32 heavy (non-hydrogen) atoms. The van der Waals surface area contributed by atoms with Crippen molar-refractivity contribution in [3.8, 4) is 11.5 Å². The fourth-order valence-corrected chi connectivity index (χ4v) is 5.76. The summed E-state index contributed by atoms with van der Waals surface area (Å²) < 4.78 is 10.8. The minimum Gasteiger partial charge on any atom is -0.497 e. The van der Waals surface area contributed by atoms with Crippen LogP contribution in [0.3, 0.4) is 0 Å². The molecule has 0 aromatic heterocycles. The number of urea groups is 1. The Labute approximate surface area is 193 Å². The highest BCUT2D eigenvalue weighted by Gasteiger charge is 2.47. The Morgan fingerprint density at radius 1 is 1.06 bits per heavy atom. The summed E-state index contributed by atoms with van der Waals surface area (Å²) >= 11 is 1.83. The van der Waals surface area contributed by atoms with Gasteiger partial charge < -0.3 is 24.6 Å². The van der Waals surface area contributed by atoms with Crippen LogP contribution in [0, 0.1) is 0 Å². The molecule has 3 amide bonds. The highest BCUT2D eigenvalue weighted by molar-refractivity contribution is 8.00. The molecule has 2 fully saturated rings. The Hall–Kier alpha value is -2.87. The number of methoxy groups -OCH3 is 1. The average Bonchev–Trinajstić information content (AvgIpc) is 3.23. The summed E-state index contributed by atoms with van der Waals surface area (Å²) in [4.78, 5) is 29.7. The topological polar surface area (TPSA) is 71.1 Å². The van der Waals surface area contributed by atoms with E-state index >= 15 is 0 Å². The van der Waals surface area contributed by atoms with Crippen LogP contribution in [-0.4, -0.2) is 65.7 Å². The molecular weight excluding hydrogens is 426 g/mol. The molecule has 2 aliphatic heterocycles. The number of carbonyl (C=O) groups excluding carboxylic acids is 2. The molecule has 8 heteroatoms. The van der Waals surface area contributed by atoms with E-state index in [4.69, 9.17) is 9.47 Å². The summed E-state index contributed by atoms with van der Waals surface area (Å²) in [7, 11) is 1.61. The lowest BCUT2D eigenvalue weighted by Crippen LogP contribution is -2.54.